The van der Waals surface area contributed by atoms with Gasteiger partial charge in [-0.3, -0.25) is 9.59 Å². The molecule has 4 nitrogen and oxygen atoms in total. The lowest BCUT2D eigenvalue weighted by Gasteiger charge is -2.23. The molecule has 0 radical (unpaired) electrons. The first kappa shape index (κ1) is 17.1. The molecule has 0 saturated carbocycles. The summed E-state index contributed by atoms with van der Waals surface area (Å²) < 4.78 is 36.7. The number of carbonyl (C=O) groups is 2. The first-order valence-corrected chi connectivity index (χ1v) is 7.58. The van der Waals surface area contributed by atoms with E-state index in [1.54, 1.807) is 0 Å². The largest absolute Gasteiger partial charge is 0.397 e. The molecule has 1 aliphatic heterocycles. The monoisotopic (exact) mass is 312 g/mol. The van der Waals surface area contributed by atoms with Gasteiger partial charge in [0.25, 0.3) is 0 Å². The number of hydrogen-bond donors (Lipinski definition) is 1. The number of nitrogens with zero attached hydrogens (tertiary/aromatic N) is 1. The van der Waals surface area contributed by atoms with Gasteiger partial charge in [0, 0.05) is 12.3 Å². The zero-order valence-electron chi connectivity index (χ0n) is 11.5. The number of nitrogens with one attached hydrogen (secondary N) is 1. The van der Waals surface area contributed by atoms with Crippen LogP contribution >= 0.6 is 11.8 Å². The quantitative estimate of drug-likeness (QED) is 0.845. The number of halogens is 3. The van der Waals surface area contributed by atoms with Gasteiger partial charge in [-0.1, -0.05) is 13.8 Å². The van der Waals surface area contributed by atoms with Gasteiger partial charge in [-0.05, 0) is 12.3 Å². The molecule has 20 heavy (non-hydrogen) atoms. The van der Waals surface area contributed by atoms with Crippen LogP contribution in [-0.2, 0) is 9.59 Å². The second kappa shape index (κ2) is 7.19. The first-order chi connectivity index (χ1) is 9.20. The molecule has 0 spiro atoms. The topological polar surface area (TPSA) is 49.4 Å². The van der Waals surface area contributed by atoms with Crippen LogP contribution in [0.1, 0.15) is 26.7 Å². The van der Waals surface area contributed by atoms with E-state index in [0.29, 0.717) is 18.2 Å². The van der Waals surface area contributed by atoms with E-state index >= 15 is 0 Å². The molecule has 0 bridgehead atoms. The number of carbonyl (C=O) groups excluding carboxylic acids is 2. The van der Waals surface area contributed by atoms with Crippen LogP contribution < -0.4 is 5.32 Å². The Hall–Kier alpha value is -0.920. The van der Waals surface area contributed by atoms with Crippen LogP contribution in [0.4, 0.5) is 13.2 Å². The van der Waals surface area contributed by atoms with E-state index in [4.69, 9.17) is 0 Å². The Morgan fingerprint density at radius 2 is 2.05 bits per heavy atom. The number of thioether (sulfide) groups is 1. The maximum Gasteiger partial charge on any atom is 0.397 e. The van der Waals surface area contributed by atoms with Gasteiger partial charge in [-0.25, -0.2) is 0 Å². The zero-order valence-corrected chi connectivity index (χ0v) is 12.3. The lowest BCUT2D eigenvalue weighted by Crippen LogP contribution is -2.48. The third kappa shape index (κ3) is 5.60. The zero-order chi connectivity index (χ0) is 15.3. The van der Waals surface area contributed by atoms with Crippen LogP contribution in [-0.4, -0.2) is 47.1 Å². The third-order valence-corrected chi connectivity index (χ3v) is 3.89. The fourth-order valence-electron chi connectivity index (χ4n) is 1.78. The van der Waals surface area contributed by atoms with Crippen molar-refractivity contribution in [2.24, 2.45) is 5.92 Å². The summed E-state index contributed by atoms with van der Waals surface area (Å²) in [5.74, 6) is -0.497. The molecule has 116 valence electrons. The summed E-state index contributed by atoms with van der Waals surface area (Å²) in [6.45, 7) is 4.49. The molecule has 0 unspecified atom stereocenters. The molecule has 1 atom stereocenters. The van der Waals surface area contributed by atoms with Crippen LogP contribution in [0.15, 0.2) is 0 Å². The second-order valence-electron chi connectivity index (χ2n) is 5.14. The van der Waals surface area contributed by atoms with Gasteiger partial charge in [0.2, 0.25) is 11.8 Å². The minimum atomic E-state index is -4.54. The predicted octanol–water partition coefficient (Wildman–Crippen LogP) is 2.00. The normalized spacial score (nSPS) is 19.5. The summed E-state index contributed by atoms with van der Waals surface area (Å²) in [6.07, 6.45) is -5.26. The fraction of sp³-hybridized carbons (Fsp3) is 0.833. The Morgan fingerprint density at radius 3 is 2.60 bits per heavy atom. The molecular formula is C12H19F3N2O2S. The highest BCUT2D eigenvalue weighted by Crippen LogP contribution is 2.26. The molecular weight excluding hydrogens is 293 g/mol. The first-order valence-electron chi connectivity index (χ1n) is 6.42. The van der Waals surface area contributed by atoms with Gasteiger partial charge >= 0.3 is 6.18 Å². The van der Waals surface area contributed by atoms with Crippen molar-refractivity contribution in [2.75, 3.05) is 18.2 Å². The molecule has 2 amide bonds. The van der Waals surface area contributed by atoms with Crippen molar-refractivity contribution in [3.63, 3.8) is 0 Å². The van der Waals surface area contributed by atoms with Gasteiger partial charge in [0.15, 0.2) is 0 Å². The Labute approximate surface area is 120 Å². The minimum Gasteiger partial charge on any atom is -0.354 e. The molecule has 8 heteroatoms. The molecule has 1 fully saturated rings. The van der Waals surface area contributed by atoms with Crippen LogP contribution in [0, 0.1) is 5.92 Å². The molecule has 1 aliphatic rings. The minimum absolute atomic E-state index is 0.136. The number of rotatable bonds is 5. The van der Waals surface area contributed by atoms with Crippen molar-refractivity contribution in [2.45, 2.75) is 38.9 Å². The predicted molar refractivity (Wildman–Crippen MR) is 71.1 cm³/mol. The van der Waals surface area contributed by atoms with Crippen molar-refractivity contribution in [3.8, 4) is 0 Å². The molecule has 0 aromatic rings. The molecule has 0 aromatic carbocycles. The SMILES string of the molecule is CC(C)CCNC(=O)[C@@H]1CSCN1C(=O)CC(F)(F)F. The summed E-state index contributed by atoms with van der Waals surface area (Å²) >= 11 is 1.29. The average Bonchev–Trinajstić information content (AvgIpc) is 2.74. The van der Waals surface area contributed by atoms with E-state index in [2.05, 4.69) is 5.32 Å². The van der Waals surface area contributed by atoms with Crippen LogP contribution in [0.25, 0.3) is 0 Å². The highest BCUT2D eigenvalue weighted by molar-refractivity contribution is 7.99. The standard InChI is InChI=1S/C12H19F3N2O2S/c1-8(2)3-4-16-11(19)9-6-20-7-17(9)10(18)5-12(13,14)15/h8-9H,3-7H2,1-2H3,(H,16,19)/t9-/m0/s1. The molecule has 1 heterocycles. The van der Waals surface area contributed by atoms with Gasteiger partial charge in [0.1, 0.15) is 12.5 Å². The third-order valence-electron chi connectivity index (χ3n) is 2.88. The molecule has 1 saturated heterocycles. The van der Waals surface area contributed by atoms with E-state index in [1.807, 2.05) is 13.8 Å². The van der Waals surface area contributed by atoms with Crippen molar-refractivity contribution < 1.29 is 22.8 Å². The molecule has 1 N–H and O–H groups in total. The Bertz CT molecular complexity index is 361. The Balaban J connectivity index is 2.51. The van der Waals surface area contributed by atoms with Crippen molar-refractivity contribution in [1.29, 1.82) is 0 Å². The van der Waals surface area contributed by atoms with E-state index in [-0.39, 0.29) is 11.8 Å². The van der Waals surface area contributed by atoms with E-state index in [1.165, 1.54) is 11.8 Å². The smallest absolute Gasteiger partial charge is 0.354 e. The molecule has 0 aromatic heterocycles. The van der Waals surface area contributed by atoms with Crippen LogP contribution in [0.3, 0.4) is 0 Å². The summed E-state index contributed by atoms with van der Waals surface area (Å²) in [5, 5.41) is 2.68. The highest BCUT2D eigenvalue weighted by Gasteiger charge is 2.39. The Kier molecular flexibility index (Phi) is 6.16. The van der Waals surface area contributed by atoms with Gasteiger partial charge in [0.05, 0.1) is 5.88 Å². The molecule has 1 rings (SSSR count). The van der Waals surface area contributed by atoms with Crippen LogP contribution in [0.2, 0.25) is 0 Å². The van der Waals surface area contributed by atoms with E-state index in [0.717, 1.165) is 11.3 Å². The summed E-state index contributed by atoms with van der Waals surface area (Å²) in [4.78, 5) is 24.5. The number of amides is 2. The van der Waals surface area contributed by atoms with Gasteiger partial charge in [-0.2, -0.15) is 13.2 Å². The van der Waals surface area contributed by atoms with Gasteiger partial charge in [-0.15, -0.1) is 11.8 Å². The van der Waals surface area contributed by atoms with E-state index < -0.39 is 24.5 Å². The maximum absolute atomic E-state index is 12.2. The highest BCUT2D eigenvalue weighted by atomic mass is 32.2. The van der Waals surface area contributed by atoms with Crippen LogP contribution in [0.5, 0.6) is 0 Å². The Morgan fingerprint density at radius 1 is 1.40 bits per heavy atom. The van der Waals surface area contributed by atoms with Gasteiger partial charge < -0.3 is 10.2 Å². The van der Waals surface area contributed by atoms with Crippen molar-refractivity contribution >= 4 is 23.6 Å². The second-order valence-corrected chi connectivity index (χ2v) is 6.14. The molecule has 0 aliphatic carbocycles. The summed E-state index contributed by atoms with van der Waals surface area (Å²) in [7, 11) is 0. The van der Waals surface area contributed by atoms with E-state index in [9.17, 15) is 22.8 Å². The lowest BCUT2D eigenvalue weighted by atomic mass is 10.1. The fourth-order valence-corrected chi connectivity index (χ4v) is 2.96. The summed E-state index contributed by atoms with van der Waals surface area (Å²) in [5.41, 5.74) is 0. The lowest BCUT2D eigenvalue weighted by molar-refractivity contribution is -0.163. The number of alkyl halides is 3. The summed E-state index contributed by atoms with van der Waals surface area (Å²) in [6, 6.07) is -0.790. The average molecular weight is 312 g/mol. The maximum atomic E-state index is 12.2. The van der Waals surface area contributed by atoms with Crippen molar-refractivity contribution in [1.82, 2.24) is 10.2 Å². The van der Waals surface area contributed by atoms with Crippen molar-refractivity contribution in [3.05, 3.63) is 0 Å². The number of hydrogen-bond acceptors (Lipinski definition) is 3.